The van der Waals surface area contributed by atoms with Gasteiger partial charge in [0.2, 0.25) is 11.9 Å². The lowest BCUT2D eigenvalue weighted by Gasteiger charge is -2.29. The molecule has 1 saturated carbocycles. The van der Waals surface area contributed by atoms with Gasteiger partial charge in [-0.15, -0.1) is 0 Å². The third-order valence-corrected chi connectivity index (χ3v) is 7.21. The van der Waals surface area contributed by atoms with E-state index in [1.165, 1.54) is 22.3 Å². The Morgan fingerprint density at radius 2 is 1.74 bits per heavy atom. The van der Waals surface area contributed by atoms with Crippen molar-refractivity contribution in [3.05, 3.63) is 66.0 Å². The molecule has 2 heterocycles. The molecule has 1 amide bonds. The third-order valence-electron chi connectivity index (χ3n) is 7.21. The van der Waals surface area contributed by atoms with Crippen LogP contribution in [0.2, 0.25) is 0 Å². The number of nitrogens with one attached hydrogen (secondary N) is 3. The summed E-state index contributed by atoms with van der Waals surface area (Å²) in [5.74, 6) is 1.38. The molecular formula is C30H37N7O. The number of imidazole rings is 1. The van der Waals surface area contributed by atoms with Crippen molar-refractivity contribution in [2.75, 3.05) is 10.6 Å². The van der Waals surface area contributed by atoms with E-state index in [9.17, 15) is 4.79 Å². The van der Waals surface area contributed by atoms with Gasteiger partial charge in [-0.25, -0.2) is 4.98 Å². The van der Waals surface area contributed by atoms with E-state index < -0.39 is 0 Å². The van der Waals surface area contributed by atoms with Gasteiger partial charge >= 0.3 is 0 Å². The average molecular weight is 512 g/mol. The normalized spacial score (nSPS) is 17.5. The molecule has 8 heteroatoms. The van der Waals surface area contributed by atoms with Crippen molar-refractivity contribution < 1.29 is 4.79 Å². The Labute approximate surface area is 224 Å². The second kappa shape index (κ2) is 11.2. The fourth-order valence-corrected chi connectivity index (χ4v) is 5.16. The zero-order valence-electron chi connectivity index (χ0n) is 22.7. The molecule has 0 aliphatic heterocycles. The fraction of sp³-hybridized carbons (Fsp3) is 0.400. The van der Waals surface area contributed by atoms with Crippen LogP contribution in [0.15, 0.2) is 54.9 Å². The minimum Gasteiger partial charge on any atom is -0.364 e. The molecule has 8 nitrogen and oxygen atoms in total. The number of fused-ring (bicyclic) bond motifs is 1. The lowest BCUT2D eigenvalue weighted by molar-refractivity contribution is -0.119. The van der Waals surface area contributed by atoms with Crippen molar-refractivity contribution in [2.45, 2.75) is 78.0 Å². The summed E-state index contributed by atoms with van der Waals surface area (Å²) in [4.78, 5) is 25.8. The number of aromatic nitrogens is 4. The van der Waals surface area contributed by atoms with Crippen LogP contribution in [0.1, 0.15) is 63.6 Å². The highest BCUT2D eigenvalue weighted by Gasteiger charge is 2.23. The Hall–Kier alpha value is -3.94. The summed E-state index contributed by atoms with van der Waals surface area (Å²) in [6.07, 6.45) is 5.67. The number of nitrogens with zero attached hydrogens (tertiary/aromatic N) is 4. The van der Waals surface area contributed by atoms with Gasteiger partial charge in [0, 0.05) is 31.6 Å². The number of anilines is 2. The largest absolute Gasteiger partial charge is 0.364 e. The van der Waals surface area contributed by atoms with Gasteiger partial charge in [0.1, 0.15) is 0 Å². The number of carbonyl (C=O) groups is 1. The van der Waals surface area contributed by atoms with Crippen molar-refractivity contribution in [3.63, 3.8) is 0 Å². The zero-order chi connectivity index (χ0) is 26.6. The molecular weight excluding hydrogens is 474 g/mol. The first-order valence-corrected chi connectivity index (χ1v) is 13.5. The molecule has 0 bridgehead atoms. The van der Waals surface area contributed by atoms with Crippen molar-refractivity contribution in [2.24, 2.45) is 0 Å². The number of amides is 1. The van der Waals surface area contributed by atoms with Crippen molar-refractivity contribution in [1.29, 1.82) is 0 Å². The molecule has 0 atom stereocenters. The molecule has 1 fully saturated rings. The standard InChI is InChI=1S/C30H37N7O/c1-19(2)37-18-32-27-28(31-17-22-8-10-23(11-9-22)24-7-5-6-20(3)16-24)35-30(36-29(27)37)34-26-14-12-25(13-15-26)33-21(4)38/h5-11,16,18-19,25-26H,12-15,17H2,1-4H3,(H,33,38)(H2,31,34,35,36). The van der Waals surface area contributed by atoms with E-state index in [-0.39, 0.29) is 24.0 Å². The van der Waals surface area contributed by atoms with Crippen LogP contribution in [-0.2, 0) is 11.3 Å². The number of hydrogen-bond donors (Lipinski definition) is 3. The van der Waals surface area contributed by atoms with E-state index >= 15 is 0 Å². The Bertz CT molecular complexity index is 1400. The summed E-state index contributed by atoms with van der Waals surface area (Å²) in [5.41, 5.74) is 6.45. The summed E-state index contributed by atoms with van der Waals surface area (Å²) >= 11 is 0. The van der Waals surface area contributed by atoms with Crippen LogP contribution in [0.25, 0.3) is 22.3 Å². The highest BCUT2D eigenvalue weighted by Crippen LogP contribution is 2.27. The molecule has 1 aliphatic rings. The van der Waals surface area contributed by atoms with Crippen molar-refractivity contribution in [1.82, 2.24) is 24.8 Å². The number of aryl methyl sites for hydroxylation is 1. The molecule has 5 rings (SSSR count). The maximum atomic E-state index is 11.4. The molecule has 38 heavy (non-hydrogen) atoms. The third kappa shape index (κ3) is 5.96. The smallest absolute Gasteiger partial charge is 0.227 e. The van der Waals surface area contributed by atoms with Gasteiger partial charge in [0.15, 0.2) is 17.0 Å². The van der Waals surface area contributed by atoms with Gasteiger partial charge in [-0.3, -0.25) is 4.79 Å². The van der Waals surface area contributed by atoms with Gasteiger partial charge in [-0.2, -0.15) is 9.97 Å². The quantitative estimate of drug-likeness (QED) is 0.274. The molecule has 0 radical (unpaired) electrons. The van der Waals surface area contributed by atoms with E-state index in [0.717, 1.165) is 42.7 Å². The Kier molecular flexibility index (Phi) is 7.58. The van der Waals surface area contributed by atoms with Crippen LogP contribution < -0.4 is 16.0 Å². The highest BCUT2D eigenvalue weighted by atomic mass is 16.1. The first-order chi connectivity index (χ1) is 18.4. The molecule has 198 valence electrons. The molecule has 0 unspecified atom stereocenters. The van der Waals surface area contributed by atoms with Gasteiger partial charge in [0.25, 0.3) is 0 Å². The van der Waals surface area contributed by atoms with Crippen LogP contribution in [0.3, 0.4) is 0 Å². The molecule has 0 saturated heterocycles. The second-order valence-corrected chi connectivity index (χ2v) is 10.6. The molecule has 2 aromatic carbocycles. The summed E-state index contributed by atoms with van der Waals surface area (Å²) in [5, 5.41) is 10.1. The molecule has 3 N–H and O–H groups in total. The topological polar surface area (TPSA) is 96.8 Å². The van der Waals surface area contributed by atoms with E-state index in [2.05, 4.69) is 94.8 Å². The highest BCUT2D eigenvalue weighted by molar-refractivity contribution is 5.84. The SMILES string of the molecule is CC(=O)NC1CCC(Nc2nc(NCc3ccc(-c4cccc(C)c4)cc3)c3ncn(C(C)C)c3n2)CC1. The Morgan fingerprint density at radius 1 is 1.00 bits per heavy atom. The van der Waals surface area contributed by atoms with Crippen LogP contribution in [-0.4, -0.2) is 37.5 Å². The van der Waals surface area contributed by atoms with Gasteiger partial charge in [0.05, 0.1) is 6.33 Å². The Morgan fingerprint density at radius 3 is 2.42 bits per heavy atom. The molecule has 1 aliphatic carbocycles. The van der Waals surface area contributed by atoms with E-state index in [1.807, 2.05) is 6.33 Å². The predicted octanol–water partition coefficient (Wildman–Crippen LogP) is 5.85. The Balaban J connectivity index is 1.32. The van der Waals surface area contributed by atoms with E-state index in [4.69, 9.17) is 9.97 Å². The van der Waals surface area contributed by atoms with E-state index in [0.29, 0.717) is 12.5 Å². The number of benzene rings is 2. The minimum absolute atomic E-state index is 0.0395. The summed E-state index contributed by atoms with van der Waals surface area (Å²) in [6, 6.07) is 18.0. The first-order valence-electron chi connectivity index (χ1n) is 13.5. The van der Waals surface area contributed by atoms with Crippen molar-refractivity contribution >= 4 is 28.8 Å². The van der Waals surface area contributed by atoms with Gasteiger partial charge in [-0.05, 0) is 63.1 Å². The minimum atomic E-state index is 0.0395. The zero-order valence-corrected chi connectivity index (χ0v) is 22.7. The van der Waals surface area contributed by atoms with Crippen LogP contribution in [0, 0.1) is 6.92 Å². The summed E-state index contributed by atoms with van der Waals surface area (Å²) < 4.78 is 2.08. The monoisotopic (exact) mass is 511 g/mol. The molecule has 0 spiro atoms. The maximum Gasteiger partial charge on any atom is 0.227 e. The van der Waals surface area contributed by atoms with Crippen LogP contribution in [0.5, 0.6) is 0 Å². The van der Waals surface area contributed by atoms with Crippen molar-refractivity contribution in [3.8, 4) is 11.1 Å². The molecule has 2 aromatic heterocycles. The number of carbonyl (C=O) groups excluding carboxylic acids is 1. The van der Waals surface area contributed by atoms with E-state index in [1.54, 1.807) is 6.92 Å². The van der Waals surface area contributed by atoms with Gasteiger partial charge in [-0.1, -0.05) is 54.1 Å². The number of hydrogen-bond acceptors (Lipinski definition) is 6. The second-order valence-electron chi connectivity index (χ2n) is 10.6. The van der Waals surface area contributed by atoms with Crippen LogP contribution in [0.4, 0.5) is 11.8 Å². The van der Waals surface area contributed by atoms with Crippen LogP contribution >= 0.6 is 0 Å². The summed E-state index contributed by atoms with van der Waals surface area (Å²) in [6.45, 7) is 8.59. The maximum absolute atomic E-state index is 11.4. The average Bonchev–Trinajstić information content (AvgIpc) is 3.33. The fourth-order valence-electron chi connectivity index (χ4n) is 5.16. The van der Waals surface area contributed by atoms with Gasteiger partial charge < -0.3 is 20.5 Å². The molecule has 4 aromatic rings. The lowest BCUT2D eigenvalue weighted by Crippen LogP contribution is -2.39. The first kappa shape index (κ1) is 25.7. The predicted molar refractivity (Wildman–Crippen MR) is 153 cm³/mol. The summed E-state index contributed by atoms with van der Waals surface area (Å²) in [7, 11) is 0. The number of rotatable bonds is 8. The lowest BCUT2D eigenvalue weighted by atomic mass is 9.91.